The first kappa shape index (κ1) is 16.3. The molecule has 2 N–H and O–H groups in total. The number of hydrogen-bond acceptors (Lipinski definition) is 2. The number of rotatable bonds is 5. The van der Waals surface area contributed by atoms with Gasteiger partial charge in [0.1, 0.15) is 0 Å². The molecule has 106 valence electrons. The normalized spacial score (nSPS) is 14.0. The van der Waals surface area contributed by atoms with Gasteiger partial charge in [-0.3, -0.25) is 4.79 Å². The van der Waals surface area contributed by atoms with Crippen LogP contribution in [0.1, 0.15) is 25.8 Å². The summed E-state index contributed by atoms with van der Waals surface area (Å²) >= 11 is 11.9. The molecule has 19 heavy (non-hydrogen) atoms. The Labute approximate surface area is 124 Å². The largest absolute Gasteiger partial charge is 0.340 e. The number of carbonyl (C=O) groups excluding carboxylic acids is 1. The molecular formula is C14H20Cl2N2O. The van der Waals surface area contributed by atoms with E-state index >= 15 is 0 Å². The quantitative estimate of drug-likeness (QED) is 0.907. The van der Waals surface area contributed by atoms with Gasteiger partial charge in [0.2, 0.25) is 5.91 Å². The molecule has 0 heterocycles. The van der Waals surface area contributed by atoms with E-state index in [9.17, 15) is 4.79 Å². The molecule has 0 saturated heterocycles. The SMILES string of the molecule is CC[C@H](C)[C@H](N)C(=O)N(C)Cc1ccc(Cl)cc1Cl. The highest BCUT2D eigenvalue weighted by atomic mass is 35.5. The fourth-order valence-electron chi connectivity index (χ4n) is 1.74. The third-order valence-electron chi connectivity index (χ3n) is 3.34. The van der Waals surface area contributed by atoms with Gasteiger partial charge < -0.3 is 10.6 Å². The van der Waals surface area contributed by atoms with Crippen molar-refractivity contribution in [3.8, 4) is 0 Å². The third-order valence-corrected chi connectivity index (χ3v) is 3.93. The second-order valence-corrected chi connectivity index (χ2v) is 5.68. The molecular weight excluding hydrogens is 283 g/mol. The lowest BCUT2D eigenvalue weighted by molar-refractivity contribution is -0.132. The standard InChI is InChI=1S/C14H20Cl2N2O/c1-4-9(2)13(17)14(19)18(3)8-10-5-6-11(15)7-12(10)16/h5-7,9,13H,4,8,17H2,1-3H3/t9-,13-/m0/s1. The van der Waals surface area contributed by atoms with Gasteiger partial charge in [0.15, 0.2) is 0 Å². The third kappa shape index (κ3) is 4.37. The maximum atomic E-state index is 12.2. The Morgan fingerprint density at radius 1 is 1.42 bits per heavy atom. The molecule has 0 aliphatic heterocycles. The van der Waals surface area contributed by atoms with E-state index in [0.717, 1.165) is 12.0 Å². The van der Waals surface area contributed by atoms with Gasteiger partial charge in [0.25, 0.3) is 0 Å². The van der Waals surface area contributed by atoms with E-state index in [1.807, 2.05) is 19.9 Å². The van der Waals surface area contributed by atoms with Gasteiger partial charge in [-0.25, -0.2) is 0 Å². The van der Waals surface area contributed by atoms with Crippen molar-refractivity contribution in [2.24, 2.45) is 11.7 Å². The summed E-state index contributed by atoms with van der Waals surface area (Å²) in [6, 6.07) is 4.78. The van der Waals surface area contributed by atoms with Crippen LogP contribution in [0.5, 0.6) is 0 Å². The average molecular weight is 303 g/mol. The zero-order chi connectivity index (χ0) is 14.6. The molecule has 0 radical (unpaired) electrons. The summed E-state index contributed by atoms with van der Waals surface area (Å²) in [7, 11) is 1.73. The van der Waals surface area contributed by atoms with Crippen molar-refractivity contribution in [1.29, 1.82) is 0 Å². The highest BCUT2D eigenvalue weighted by Gasteiger charge is 2.23. The first-order chi connectivity index (χ1) is 8.86. The summed E-state index contributed by atoms with van der Waals surface area (Å²) in [4.78, 5) is 13.8. The zero-order valence-electron chi connectivity index (χ0n) is 11.5. The van der Waals surface area contributed by atoms with Crippen molar-refractivity contribution in [1.82, 2.24) is 4.90 Å². The number of carbonyl (C=O) groups is 1. The zero-order valence-corrected chi connectivity index (χ0v) is 13.0. The van der Waals surface area contributed by atoms with Gasteiger partial charge in [-0.2, -0.15) is 0 Å². The van der Waals surface area contributed by atoms with E-state index in [1.165, 1.54) is 0 Å². The van der Waals surface area contributed by atoms with Crippen LogP contribution in [0.3, 0.4) is 0 Å². The lowest BCUT2D eigenvalue weighted by Gasteiger charge is -2.25. The first-order valence-corrected chi connectivity index (χ1v) is 7.06. The van der Waals surface area contributed by atoms with Crippen molar-refractivity contribution >= 4 is 29.1 Å². The van der Waals surface area contributed by atoms with Crippen molar-refractivity contribution < 1.29 is 4.79 Å². The number of nitrogens with zero attached hydrogens (tertiary/aromatic N) is 1. The topological polar surface area (TPSA) is 46.3 Å². The number of hydrogen-bond donors (Lipinski definition) is 1. The van der Waals surface area contributed by atoms with Crippen LogP contribution in [-0.4, -0.2) is 23.9 Å². The van der Waals surface area contributed by atoms with Crippen LogP contribution in [0.15, 0.2) is 18.2 Å². The highest BCUT2D eigenvalue weighted by Crippen LogP contribution is 2.22. The molecule has 5 heteroatoms. The molecule has 1 aromatic carbocycles. The van der Waals surface area contributed by atoms with E-state index in [1.54, 1.807) is 24.1 Å². The summed E-state index contributed by atoms with van der Waals surface area (Å²) < 4.78 is 0. The number of halogens is 2. The lowest BCUT2D eigenvalue weighted by atomic mass is 9.99. The number of likely N-dealkylation sites (N-methyl/N-ethyl adjacent to an activating group) is 1. The predicted molar refractivity (Wildman–Crippen MR) is 80.4 cm³/mol. The van der Waals surface area contributed by atoms with Gasteiger partial charge >= 0.3 is 0 Å². The summed E-state index contributed by atoms with van der Waals surface area (Å²) in [5.41, 5.74) is 6.80. The molecule has 3 nitrogen and oxygen atoms in total. The maximum absolute atomic E-state index is 12.2. The van der Waals surface area contributed by atoms with Gasteiger partial charge in [-0.1, -0.05) is 49.5 Å². The molecule has 1 amide bonds. The van der Waals surface area contributed by atoms with Crippen LogP contribution in [0.2, 0.25) is 10.0 Å². The second-order valence-electron chi connectivity index (χ2n) is 4.84. The molecule has 0 aliphatic rings. The fourth-order valence-corrected chi connectivity index (χ4v) is 2.20. The van der Waals surface area contributed by atoms with Gasteiger partial charge in [0, 0.05) is 23.6 Å². The number of amides is 1. The molecule has 0 aliphatic carbocycles. The van der Waals surface area contributed by atoms with Crippen molar-refractivity contribution in [2.75, 3.05) is 7.05 Å². The van der Waals surface area contributed by atoms with Crippen LogP contribution in [0.25, 0.3) is 0 Å². The molecule has 0 bridgehead atoms. The van der Waals surface area contributed by atoms with E-state index in [2.05, 4.69) is 0 Å². The maximum Gasteiger partial charge on any atom is 0.239 e. The van der Waals surface area contributed by atoms with E-state index in [0.29, 0.717) is 16.6 Å². The highest BCUT2D eigenvalue weighted by molar-refractivity contribution is 6.35. The minimum Gasteiger partial charge on any atom is -0.340 e. The fraction of sp³-hybridized carbons (Fsp3) is 0.500. The number of benzene rings is 1. The Morgan fingerprint density at radius 3 is 2.58 bits per heavy atom. The Morgan fingerprint density at radius 2 is 2.05 bits per heavy atom. The van der Waals surface area contributed by atoms with Crippen LogP contribution >= 0.6 is 23.2 Å². The van der Waals surface area contributed by atoms with Crippen LogP contribution < -0.4 is 5.73 Å². The van der Waals surface area contributed by atoms with Gasteiger partial charge in [-0.05, 0) is 23.6 Å². The summed E-state index contributed by atoms with van der Waals surface area (Å²) in [5.74, 6) is 0.0935. The van der Waals surface area contributed by atoms with E-state index in [-0.39, 0.29) is 11.8 Å². The van der Waals surface area contributed by atoms with E-state index < -0.39 is 6.04 Å². The Hall–Kier alpha value is -0.770. The lowest BCUT2D eigenvalue weighted by Crippen LogP contribution is -2.45. The van der Waals surface area contributed by atoms with Crippen LogP contribution in [-0.2, 0) is 11.3 Å². The minimum atomic E-state index is -0.471. The molecule has 2 atom stereocenters. The molecule has 0 aromatic heterocycles. The van der Waals surface area contributed by atoms with Crippen molar-refractivity contribution in [3.63, 3.8) is 0 Å². The second kappa shape index (κ2) is 7.13. The van der Waals surface area contributed by atoms with Gasteiger partial charge in [0.05, 0.1) is 6.04 Å². The van der Waals surface area contributed by atoms with Crippen molar-refractivity contribution in [3.05, 3.63) is 33.8 Å². The Kier molecular flexibility index (Phi) is 6.11. The Balaban J connectivity index is 2.73. The Bertz CT molecular complexity index is 451. The molecule has 1 rings (SSSR count). The molecule has 1 aromatic rings. The number of nitrogens with two attached hydrogens (primary N) is 1. The van der Waals surface area contributed by atoms with E-state index in [4.69, 9.17) is 28.9 Å². The van der Waals surface area contributed by atoms with Crippen LogP contribution in [0, 0.1) is 5.92 Å². The monoisotopic (exact) mass is 302 g/mol. The average Bonchev–Trinajstić information content (AvgIpc) is 2.39. The van der Waals surface area contributed by atoms with Crippen molar-refractivity contribution in [2.45, 2.75) is 32.9 Å². The molecule has 0 spiro atoms. The molecule has 0 saturated carbocycles. The summed E-state index contributed by atoms with van der Waals surface area (Å²) in [6.07, 6.45) is 0.877. The summed E-state index contributed by atoms with van der Waals surface area (Å²) in [6.45, 7) is 4.43. The van der Waals surface area contributed by atoms with Gasteiger partial charge in [-0.15, -0.1) is 0 Å². The minimum absolute atomic E-state index is 0.0691. The molecule has 0 fully saturated rings. The first-order valence-electron chi connectivity index (χ1n) is 6.31. The smallest absolute Gasteiger partial charge is 0.239 e. The predicted octanol–water partition coefficient (Wildman–Crippen LogP) is 3.33. The van der Waals surface area contributed by atoms with Crippen LogP contribution in [0.4, 0.5) is 0 Å². The molecule has 0 unspecified atom stereocenters. The summed E-state index contributed by atoms with van der Waals surface area (Å²) in [5, 5.41) is 1.14.